The number of methoxy groups -OCH3 is 2. The molecule has 0 spiro atoms. The third-order valence-corrected chi connectivity index (χ3v) is 4.77. The Morgan fingerprint density at radius 1 is 0.857 bits per heavy atom. The molecular weight excluding hydrogens is 268 g/mol. The Balaban J connectivity index is 0.000000211. The van der Waals surface area contributed by atoms with Crippen molar-refractivity contribution in [2.75, 3.05) is 14.2 Å². The number of hydrogen-bond donors (Lipinski definition) is 0. The Hall–Kier alpha value is -1.06. The number of carbonyl (C=O) groups excluding carboxylic acids is 2. The van der Waals surface area contributed by atoms with E-state index in [9.17, 15) is 9.59 Å². The first-order valence-electron chi connectivity index (χ1n) is 8.20. The first-order valence-corrected chi connectivity index (χ1v) is 8.20. The molecule has 0 aromatic carbocycles. The molecule has 2 saturated carbocycles. The van der Waals surface area contributed by atoms with E-state index in [1.807, 2.05) is 6.92 Å². The Morgan fingerprint density at radius 2 is 1.38 bits per heavy atom. The monoisotopic (exact) mass is 298 g/mol. The van der Waals surface area contributed by atoms with E-state index in [4.69, 9.17) is 4.74 Å². The van der Waals surface area contributed by atoms with Gasteiger partial charge in [-0.3, -0.25) is 9.59 Å². The van der Waals surface area contributed by atoms with Crippen LogP contribution in [0.5, 0.6) is 0 Å². The summed E-state index contributed by atoms with van der Waals surface area (Å²) in [6, 6.07) is 0. The van der Waals surface area contributed by atoms with E-state index in [2.05, 4.69) is 4.74 Å². The molecule has 0 radical (unpaired) electrons. The van der Waals surface area contributed by atoms with Crippen LogP contribution in [0, 0.1) is 11.3 Å². The lowest BCUT2D eigenvalue weighted by molar-refractivity contribution is -0.153. The summed E-state index contributed by atoms with van der Waals surface area (Å²) in [5.41, 5.74) is -0.174. The van der Waals surface area contributed by atoms with Gasteiger partial charge in [0.1, 0.15) is 0 Å². The van der Waals surface area contributed by atoms with E-state index in [-0.39, 0.29) is 23.3 Å². The maximum absolute atomic E-state index is 11.3. The molecule has 21 heavy (non-hydrogen) atoms. The lowest BCUT2D eigenvalue weighted by Crippen LogP contribution is -2.31. The normalized spacial score (nSPS) is 21.7. The lowest BCUT2D eigenvalue weighted by atomic mass is 9.76. The molecule has 4 heteroatoms. The van der Waals surface area contributed by atoms with Crippen molar-refractivity contribution in [2.45, 2.75) is 71.1 Å². The van der Waals surface area contributed by atoms with Gasteiger partial charge in [0.05, 0.1) is 25.6 Å². The predicted molar refractivity (Wildman–Crippen MR) is 81.8 cm³/mol. The minimum atomic E-state index is -0.174. The Kier molecular flexibility index (Phi) is 7.76. The van der Waals surface area contributed by atoms with Crippen LogP contribution in [-0.4, -0.2) is 26.2 Å². The molecule has 0 atom stereocenters. The average molecular weight is 298 g/mol. The summed E-state index contributed by atoms with van der Waals surface area (Å²) in [6.45, 7) is 2.01. The van der Waals surface area contributed by atoms with Gasteiger partial charge in [-0.05, 0) is 32.6 Å². The fraction of sp³-hybridized carbons (Fsp3) is 0.882. The zero-order valence-electron chi connectivity index (χ0n) is 13.8. The molecule has 0 N–H and O–H groups in total. The minimum Gasteiger partial charge on any atom is -0.469 e. The van der Waals surface area contributed by atoms with Crippen molar-refractivity contribution in [1.82, 2.24) is 0 Å². The van der Waals surface area contributed by atoms with Gasteiger partial charge in [-0.15, -0.1) is 0 Å². The van der Waals surface area contributed by atoms with Crippen LogP contribution in [0.15, 0.2) is 0 Å². The van der Waals surface area contributed by atoms with Gasteiger partial charge in [0.25, 0.3) is 0 Å². The standard InChI is InChI=1S/C9H16O2.C8H14O2/c1-9(8(10)11-2)6-4-3-5-7-9;1-10-8(9)7-5-3-2-4-6-7/h3-7H2,1-2H3;7H,2-6H2,1H3. The second-order valence-corrected chi connectivity index (χ2v) is 6.47. The van der Waals surface area contributed by atoms with Gasteiger partial charge in [-0.1, -0.05) is 38.5 Å². The third-order valence-electron chi connectivity index (χ3n) is 4.77. The van der Waals surface area contributed by atoms with Crippen LogP contribution in [0.1, 0.15) is 71.1 Å². The highest BCUT2D eigenvalue weighted by Gasteiger charge is 2.35. The van der Waals surface area contributed by atoms with Crippen LogP contribution < -0.4 is 0 Å². The summed E-state index contributed by atoms with van der Waals surface area (Å²) in [5.74, 6) is 0.163. The molecule has 0 bridgehead atoms. The Bertz CT molecular complexity index is 326. The number of rotatable bonds is 2. The van der Waals surface area contributed by atoms with Crippen molar-refractivity contribution >= 4 is 11.9 Å². The first kappa shape index (κ1) is 18.0. The highest BCUT2D eigenvalue weighted by molar-refractivity contribution is 5.76. The van der Waals surface area contributed by atoms with E-state index in [0.717, 1.165) is 25.7 Å². The zero-order valence-corrected chi connectivity index (χ0v) is 13.8. The van der Waals surface area contributed by atoms with Crippen molar-refractivity contribution in [2.24, 2.45) is 11.3 Å². The lowest BCUT2D eigenvalue weighted by Gasteiger charge is -2.30. The highest BCUT2D eigenvalue weighted by atomic mass is 16.5. The molecule has 0 aliphatic heterocycles. The van der Waals surface area contributed by atoms with E-state index < -0.39 is 0 Å². The van der Waals surface area contributed by atoms with Crippen molar-refractivity contribution in [3.05, 3.63) is 0 Å². The summed E-state index contributed by atoms with van der Waals surface area (Å²) in [7, 11) is 2.94. The quantitative estimate of drug-likeness (QED) is 0.726. The third kappa shape index (κ3) is 5.68. The van der Waals surface area contributed by atoms with Crippen LogP contribution in [0.3, 0.4) is 0 Å². The molecular formula is C17H30O4. The van der Waals surface area contributed by atoms with Crippen LogP contribution >= 0.6 is 0 Å². The largest absolute Gasteiger partial charge is 0.469 e. The SMILES string of the molecule is COC(=O)C1(C)CCCCC1.COC(=O)C1CCCCC1. The highest BCUT2D eigenvalue weighted by Crippen LogP contribution is 2.36. The molecule has 0 aromatic rings. The summed E-state index contributed by atoms with van der Waals surface area (Å²) < 4.78 is 9.40. The number of carbonyl (C=O) groups is 2. The summed E-state index contributed by atoms with van der Waals surface area (Å²) >= 11 is 0. The summed E-state index contributed by atoms with van der Waals surface area (Å²) in [5, 5.41) is 0. The van der Waals surface area contributed by atoms with Crippen LogP contribution in [0.4, 0.5) is 0 Å². The van der Waals surface area contributed by atoms with Gasteiger partial charge in [-0.2, -0.15) is 0 Å². The molecule has 0 unspecified atom stereocenters. The summed E-state index contributed by atoms with van der Waals surface area (Å²) in [4.78, 5) is 22.2. The fourth-order valence-electron chi connectivity index (χ4n) is 3.29. The number of esters is 2. The topological polar surface area (TPSA) is 52.6 Å². The maximum atomic E-state index is 11.3. The van der Waals surface area contributed by atoms with E-state index in [1.165, 1.54) is 52.7 Å². The maximum Gasteiger partial charge on any atom is 0.311 e. The minimum absolute atomic E-state index is 0.0142. The van der Waals surface area contributed by atoms with Gasteiger partial charge < -0.3 is 9.47 Å². The van der Waals surface area contributed by atoms with E-state index in [0.29, 0.717) is 0 Å². The molecule has 0 heterocycles. The van der Waals surface area contributed by atoms with Crippen LogP contribution in [0.25, 0.3) is 0 Å². The van der Waals surface area contributed by atoms with Gasteiger partial charge in [0.15, 0.2) is 0 Å². The van der Waals surface area contributed by atoms with Gasteiger partial charge in [0, 0.05) is 0 Å². The molecule has 122 valence electrons. The molecule has 2 aliphatic carbocycles. The molecule has 2 aliphatic rings. The average Bonchev–Trinajstić information content (AvgIpc) is 2.55. The Morgan fingerprint density at radius 3 is 1.86 bits per heavy atom. The van der Waals surface area contributed by atoms with Crippen molar-refractivity contribution in [3.63, 3.8) is 0 Å². The van der Waals surface area contributed by atoms with Crippen molar-refractivity contribution in [1.29, 1.82) is 0 Å². The number of ether oxygens (including phenoxy) is 2. The van der Waals surface area contributed by atoms with Crippen molar-refractivity contribution in [3.8, 4) is 0 Å². The predicted octanol–water partition coefficient (Wildman–Crippen LogP) is 3.87. The number of hydrogen-bond acceptors (Lipinski definition) is 4. The molecule has 2 rings (SSSR count). The van der Waals surface area contributed by atoms with Gasteiger partial charge in [0.2, 0.25) is 0 Å². The van der Waals surface area contributed by atoms with Gasteiger partial charge in [-0.25, -0.2) is 0 Å². The molecule has 4 nitrogen and oxygen atoms in total. The smallest absolute Gasteiger partial charge is 0.311 e. The second-order valence-electron chi connectivity index (χ2n) is 6.47. The van der Waals surface area contributed by atoms with Crippen LogP contribution in [-0.2, 0) is 19.1 Å². The van der Waals surface area contributed by atoms with Crippen molar-refractivity contribution < 1.29 is 19.1 Å². The summed E-state index contributed by atoms with van der Waals surface area (Å²) in [6.07, 6.45) is 11.4. The second kappa shape index (κ2) is 9.06. The molecule has 0 amide bonds. The van der Waals surface area contributed by atoms with Gasteiger partial charge >= 0.3 is 11.9 Å². The zero-order chi connectivity index (χ0) is 15.7. The molecule has 0 saturated heterocycles. The fourth-order valence-corrected chi connectivity index (χ4v) is 3.29. The first-order chi connectivity index (χ1) is 10.0. The van der Waals surface area contributed by atoms with E-state index in [1.54, 1.807) is 0 Å². The molecule has 2 fully saturated rings. The van der Waals surface area contributed by atoms with E-state index >= 15 is 0 Å². The van der Waals surface area contributed by atoms with Crippen LogP contribution in [0.2, 0.25) is 0 Å². The Labute approximate surface area is 128 Å². The molecule has 0 aromatic heterocycles.